The van der Waals surface area contributed by atoms with Gasteiger partial charge in [-0.3, -0.25) is 4.79 Å². The molecule has 0 radical (unpaired) electrons. The maximum absolute atomic E-state index is 15.9. The van der Waals surface area contributed by atoms with Crippen LogP contribution in [0.25, 0.3) is 0 Å². The highest BCUT2D eigenvalue weighted by molar-refractivity contribution is 7.92. The van der Waals surface area contributed by atoms with E-state index in [1.54, 1.807) is 13.0 Å². The van der Waals surface area contributed by atoms with Gasteiger partial charge in [0.2, 0.25) is 0 Å². The van der Waals surface area contributed by atoms with Crippen molar-refractivity contribution in [2.24, 2.45) is 0 Å². The van der Waals surface area contributed by atoms with Crippen LogP contribution in [0.2, 0.25) is 0 Å². The summed E-state index contributed by atoms with van der Waals surface area (Å²) in [5.74, 6) is -1.31. The normalized spacial score (nSPS) is 20.3. The van der Waals surface area contributed by atoms with E-state index < -0.39 is 34.6 Å². The number of benzene rings is 2. The van der Waals surface area contributed by atoms with E-state index in [1.165, 1.54) is 0 Å². The molecule has 4 rings (SSSR count). The molecule has 0 aromatic heterocycles. The second-order valence-corrected chi connectivity index (χ2v) is 10.1. The second-order valence-electron chi connectivity index (χ2n) is 8.52. The van der Waals surface area contributed by atoms with Crippen LogP contribution in [0, 0.1) is 5.82 Å². The molecule has 1 saturated heterocycles. The highest BCUT2D eigenvalue weighted by atomic mass is 32.2. The second kappa shape index (κ2) is 9.66. The molecule has 0 spiro atoms. The van der Waals surface area contributed by atoms with Gasteiger partial charge in [0.15, 0.2) is 5.82 Å². The Bertz CT molecular complexity index is 1120. The van der Waals surface area contributed by atoms with E-state index in [0.29, 0.717) is 31.4 Å². The molecule has 2 aliphatic rings. The Labute approximate surface area is 192 Å². The van der Waals surface area contributed by atoms with Crippen LogP contribution in [-0.2, 0) is 34.5 Å². The average molecular weight is 478 g/mol. The average Bonchev–Trinajstić information content (AvgIpc) is 3.04. The van der Waals surface area contributed by atoms with Crippen molar-refractivity contribution in [1.29, 1.82) is 0 Å². The van der Waals surface area contributed by atoms with Crippen molar-refractivity contribution in [2.75, 3.05) is 17.4 Å². The van der Waals surface area contributed by atoms with Gasteiger partial charge in [-0.05, 0) is 61.9 Å². The lowest BCUT2D eigenvalue weighted by Crippen LogP contribution is -2.37. The van der Waals surface area contributed by atoms with Crippen molar-refractivity contribution in [3.05, 3.63) is 58.9 Å². The Morgan fingerprint density at radius 1 is 1.33 bits per heavy atom. The van der Waals surface area contributed by atoms with Crippen LogP contribution in [-0.4, -0.2) is 44.7 Å². The fourth-order valence-electron chi connectivity index (χ4n) is 4.22. The number of carbonyl (C=O) groups is 1. The molecule has 2 atom stereocenters. The predicted molar refractivity (Wildman–Crippen MR) is 122 cm³/mol. The van der Waals surface area contributed by atoms with Crippen molar-refractivity contribution < 1.29 is 27.4 Å². The van der Waals surface area contributed by atoms with Crippen LogP contribution in [0.1, 0.15) is 36.5 Å². The summed E-state index contributed by atoms with van der Waals surface area (Å²) in [5, 5.41) is 12.8. The van der Waals surface area contributed by atoms with Gasteiger partial charge < -0.3 is 15.2 Å². The van der Waals surface area contributed by atoms with E-state index in [0.717, 1.165) is 21.9 Å². The SMILES string of the molecule is C[C@@H](O)CCNC1CCc2cc(OCc3ccccc3)c(N3CC(=O)NS3(=O)=O)c(F)c2C1. The number of nitrogens with one attached hydrogen (secondary N) is 2. The fraction of sp³-hybridized carbons (Fsp3) is 0.435. The molecule has 1 amide bonds. The Hall–Kier alpha value is -2.69. The van der Waals surface area contributed by atoms with E-state index in [-0.39, 0.29) is 24.1 Å². The third-order valence-electron chi connectivity index (χ3n) is 5.91. The van der Waals surface area contributed by atoms with Crippen LogP contribution in [0.3, 0.4) is 0 Å². The van der Waals surface area contributed by atoms with E-state index >= 15 is 4.39 Å². The van der Waals surface area contributed by atoms with Crippen molar-refractivity contribution in [3.8, 4) is 5.75 Å². The first-order valence-corrected chi connectivity index (χ1v) is 12.4. The summed E-state index contributed by atoms with van der Waals surface area (Å²) >= 11 is 0. The zero-order chi connectivity index (χ0) is 23.6. The fourth-order valence-corrected chi connectivity index (χ4v) is 5.38. The number of carbonyl (C=O) groups excluding carboxylic acids is 1. The number of amides is 1. The number of anilines is 1. The van der Waals surface area contributed by atoms with Gasteiger partial charge in [-0.1, -0.05) is 30.3 Å². The molecule has 178 valence electrons. The minimum atomic E-state index is -4.21. The largest absolute Gasteiger partial charge is 0.487 e. The van der Waals surface area contributed by atoms with Crippen LogP contribution in [0.5, 0.6) is 5.75 Å². The molecule has 2 aromatic rings. The van der Waals surface area contributed by atoms with Crippen LogP contribution < -0.4 is 19.1 Å². The Balaban J connectivity index is 1.67. The molecule has 1 fully saturated rings. The molecule has 1 unspecified atom stereocenters. The summed E-state index contributed by atoms with van der Waals surface area (Å²) in [6, 6.07) is 11.0. The first-order valence-electron chi connectivity index (χ1n) is 11.0. The Kier molecular flexibility index (Phi) is 6.87. The van der Waals surface area contributed by atoms with Crippen molar-refractivity contribution >= 4 is 21.8 Å². The van der Waals surface area contributed by atoms with E-state index in [9.17, 15) is 18.3 Å². The monoisotopic (exact) mass is 477 g/mol. The third-order valence-corrected chi connectivity index (χ3v) is 7.29. The number of hydrogen-bond donors (Lipinski definition) is 3. The van der Waals surface area contributed by atoms with Crippen molar-refractivity contribution in [1.82, 2.24) is 10.0 Å². The van der Waals surface area contributed by atoms with E-state index in [2.05, 4.69) is 5.32 Å². The molecule has 2 aromatic carbocycles. The topological polar surface area (TPSA) is 108 Å². The summed E-state index contributed by atoms with van der Waals surface area (Å²) in [6.07, 6.45) is 1.92. The summed E-state index contributed by atoms with van der Waals surface area (Å²) < 4.78 is 49.5. The van der Waals surface area contributed by atoms with E-state index in [1.807, 2.05) is 35.1 Å². The van der Waals surface area contributed by atoms with Gasteiger partial charge in [-0.15, -0.1) is 0 Å². The van der Waals surface area contributed by atoms with Crippen LogP contribution >= 0.6 is 0 Å². The zero-order valence-electron chi connectivity index (χ0n) is 18.4. The van der Waals surface area contributed by atoms with Crippen molar-refractivity contribution in [3.63, 3.8) is 0 Å². The molecule has 8 nitrogen and oxygen atoms in total. The molecular formula is C23H28FN3O5S. The van der Waals surface area contributed by atoms with Gasteiger partial charge in [0.05, 0.1) is 6.10 Å². The van der Waals surface area contributed by atoms with Gasteiger partial charge in [0.25, 0.3) is 5.91 Å². The molecule has 10 heteroatoms. The van der Waals surface area contributed by atoms with Gasteiger partial charge in [0.1, 0.15) is 24.6 Å². The highest BCUT2D eigenvalue weighted by Crippen LogP contribution is 2.40. The number of aliphatic hydroxyl groups is 1. The van der Waals surface area contributed by atoms with Gasteiger partial charge in [0, 0.05) is 6.04 Å². The summed E-state index contributed by atoms with van der Waals surface area (Å²) in [7, 11) is -4.21. The van der Waals surface area contributed by atoms with Crippen LogP contribution in [0.15, 0.2) is 36.4 Å². The maximum atomic E-state index is 15.9. The third kappa shape index (κ3) is 5.29. The van der Waals surface area contributed by atoms with Crippen LogP contribution in [0.4, 0.5) is 10.1 Å². The maximum Gasteiger partial charge on any atom is 0.326 e. The molecule has 0 bridgehead atoms. The minimum Gasteiger partial charge on any atom is -0.487 e. The number of aryl methyl sites for hydroxylation is 1. The first-order chi connectivity index (χ1) is 15.7. The Morgan fingerprint density at radius 3 is 2.76 bits per heavy atom. The number of rotatable bonds is 8. The summed E-state index contributed by atoms with van der Waals surface area (Å²) in [6.45, 7) is 1.94. The number of halogens is 1. The lowest BCUT2D eigenvalue weighted by molar-refractivity contribution is -0.117. The standard InChI is InChI=1S/C23H28FN3O5S/c1-15(28)9-10-25-18-8-7-17-11-20(32-14-16-5-3-2-4-6-16)23(22(24)19(17)12-18)27-13-21(29)26-33(27,30)31/h2-6,11,15,18,25,28H,7-10,12-14H2,1H3,(H,26,29)/t15-,18?/m1/s1. The molecule has 1 aliphatic heterocycles. The Morgan fingerprint density at radius 2 is 2.09 bits per heavy atom. The van der Waals surface area contributed by atoms with Gasteiger partial charge in [-0.2, -0.15) is 8.42 Å². The zero-order valence-corrected chi connectivity index (χ0v) is 19.2. The van der Waals surface area contributed by atoms with E-state index in [4.69, 9.17) is 4.74 Å². The van der Waals surface area contributed by atoms with Gasteiger partial charge >= 0.3 is 10.2 Å². The number of hydrogen-bond acceptors (Lipinski definition) is 6. The number of aliphatic hydroxyl groups excluding tert-OH is 1. The first kappa shape index (κ1) is 23.5. The predicted octanol–water partition coefficient (Wildman–Crippen LogP) is 1.80. The molecule has 33 heavy (non-hydrogen) atoms. The molecule has 1 aliphatic carbocycles. The molecular weight excluding hydrogens is 449 g/mol. The number of fused-ring (bicyclic) bond motifs is 1. The molecule has 3 N–H and O–H groups in total. The lowest BCUT2D eigenvalue weighted by Gasteiger charge is -2.29. The quantitative estimate of drug-likeness (QED) is 0.535. The lowest BCUT2D eigenvalue weighted by atomic mass is 9.87. The molecule has 1 heterocycles. The number of nitrogens with zero attached hydrogens (tertiary/aromatic N) is 1. The summed E-state index contributed by atoms with van der Waals surface area (Å²) in [5.41, 5.74) is 1.80. The smallest absolute Gasteiger partial charge is 0.326 e. The highest BCUT2D eigenvalue weighted by Gasteiger charge is 2.39. The van der Waals surface area contributed by atoms with Gasteiger partial charge in [-0.25, -0.2) is 13.4 Å². The molecule has 0 saturated carbocycles. The minimum absolute atomic E-state index is 0.00429. The van der Waals surface area contributed by atoms with Crippen molar-refractivity contribution in [2.45, 2.75) is 51.4 Å². The summed E-state index contributed by atoms with van der Waals surface area (Å²) in [4.78, 5) is 11.8. The number of ether oxygens (including phenoxy) is 1.